The molecule has 1 heterocycles. The SMILES string of the molecule is CC(N)C1CCN(S(=O)(=O)c2ccc(Br)cc2)C1.Cl. The smallest absolute Gasteiger partial charge is 0.243 e. The summed E-state index contributed by atoms with van der Waals surface area (Å²) < 4.78 is 27.2. The molecule has 0 saturated carbocycles. The maximum Gasteiger partial charge on any atom is 0.243 e. The van der Waals surface area contributed by atoms with Crippen molar-refractivity contribution in [1.82, 2.24) is 4.31 Å². The summed E-state index contributed by atoms with van der Waals surface area (Å²) in [5.41, 5.74) is 5.83. The molecule has 0 aromatic heterocycles. The molecule has 1 saturated heterocycles. The summed E-state index contributed by atoms with van der Waals surface area (Å²) >= 11 is 3.30. The summed E-state index contributed by atoms with van der Waals surface area (Å²) in [5.74, 6) is 0.259. The van der Waals surface area contributed by atoms with Crippen LogP contribution in [0.25, 0.3) is 0 Å². The van der Waals surface area contributed by atoms with Crippen LogP contribution < -0.4 is 5.73 Å². The Bertz CT molecular complexity index is 519. The van der Waals surface area contributed by atoms with Gasteiger partial charge in [0.15, 0.2) is 0 Å². The largest absolute Gasteiger partial charge is 0.328 e. The second kappa shape index (κ2) is 6.54. The average Bonchev–Trinajstić information content (AvgIpc) is 2.79. The Morgan fingerprint density at radius 3 is 2.42 bits per heavy atom. The molecule has 4 nitrogen and oxygen atoms in total. The molecule has 1 aromatic carbocycles. The first-order valence-corrected chi connectivity index (χ1v) is 8.16. The van der Waals surface area contributed by atoms with Gasteiger partial charge in [-0.2, -0.15) is 4.31 Å². The molecule has 1 aliphatic rings. The molecule has 2 rings (SSSR count). The molecular formula is C12H18BrClN2O2S. The quantitative estimate of drug-likeness (QED) is 0.888. The maximum absolute atomic E-state index is 12.4. The molecule has 0 spiro atoms. The van der Waals surface area contributed by atoms with Gasteiger partial charge in [-0.25, -0.2) is 8.42 Å². The van der Waals surface area contributed by atoms with E-state index in [1.165, 1.54) is 4.31 Å². The fraction of sp³-hybridized carbons (Fsp3) is 0.500. The number of halogens is 2. The van der Waals surface area contributed by atoms with Crippen LogP contribution in [0.1, 0.15) is 13.3 Å². The highest BCUT2D eigenvalue weighted by atomic mass is 79.9. The first kappa shape index (κ1) is 16.9. The van der Waals surface area contributed by atoms with Crippen LogP contribution >= 0.6 is 28.3 Å². The van der Waals surface area contributed by atoms with E-state index < -0.39 is 10.0 Å². The Morgan fingerprint density at radius 1 is 1.37 bits per heavy atom. The highest BCUT2D eigenvalue weighted by molar-refractivity contribution is 9.10. The number of nitrogens with zero attached hydrogens (tertiary/aromatic N) is 1. The third kappa shape index (κ3) is 3.70. The molecular weight excluding hydrogens is 352 g/mol. The lowest BCUT2D eigenvalue weighted by Gasteiger charge is -2.18. The second-order valence-electron chi connectivity index (χ2n) is 4.72. The zero-order chi connectivity index (χ0) is 13.3. The molecule has 2 N–H and O–H groups in total. The minimum absolute atomic E-state index is 0. The van der Waals surface area contributed by atoms with E-state index in [0.717, 1.165) is 10.9 Å². The van der Waals surface area contributed by atoms with Crippen LogP contribution in [-0.2, 0) is 10.0 Å². The second-order valence-corrected chi connectivity index (χ2v) is 7.58. The van der Waals surface area contributed by atoms with E-state index in [2.05, 4.69) is 15.9 Å². The van der Waals surface area contributed by atoms with E-state index in [9.17, 15) is 8.42 Å². The van der Waals surface area contributed by atoms with Gasteiger partial charge in [0.2, 0.25) is 10.0 Å². The van der Waals surface area contributed by atoms with Crippen LogP contribution in [0.15, 0.2) is 33.6 Å². The van der Waals surface area contributed by atoms with Gasteiger partial charge in [0.1, 0.15) is 0 Å². The predicted octanol–water partition coefficient (Wildman–Crippen LogP) is 2.23. The molecule has 1 fully saturated rings. The molecule has 0 aliphatic carbocycles. The first-order chi connectivity index (χ1) is 8.41. The lowest BCUT2D eigenvalue weighted by molar-refractivity contribution is 0.429. The molecule has 2 atom stereocenters. The number of nitrogens with two attached hydrogens (primary N) is 1. The summed E-state index contributed by atoms with van der Waals surface area (Å²) in [6.07, 6.45) is 0.841. The van der Waals surface area contributed by atoms with E-state index in [0.29, 0.717) is 18.0 Å². The molecule has 1 aromatic rings. The topological polar surface area (TPSA) is 63.4 Å². The van der Waals surface area contributed by atoms with Crippen molar-refractivity contribution in [2.75, 3.05) is 13.1 Å². The van der Waals surface area contributed by atoms with Crippen LogP contribution in [0.4, 0.5) is 0 Å². The van der Waals surface area contributed by atoms with E-state index in [-0.39, 0.29) is 24.4 Å². The van der Waals surface area contributed by atoms with Crippen molar-refractivity contribution >= 4 is 38.4 Å². The molecule has 1 aliphatic heterocycles. The third-order valence-electron chi connectivity index (χ3n) is 3.38. The highest BCUT2D eigenvalue weighted by Crippen LogP contribution is 2.26. The van der Waals surface area contributed by atoms with Crippen molar-refractivity contribution < 1.29 is 8.42 Å². The zero-order valence-electron chi connectivity index (χ0n) is 10.6. The van der Waals surface area contributed by atoms with Gasteiger partial charge in [0, 0.05) is 23.6 Å². The number of hydrogen-bond acceptors (Lipinski definition) is 3. The highest BCUT2D eigenvalue weighted by Gasteiger charge is 2.33. The van der Waals surface area contributed by atoms with E-state index in [4.69, 9.17) is 5.73 Å². The number of benzene rings is 1. The van der Waals surface area contributed by atoms with Crippen LogP contribution in [0, 0.1) is 5.92 Å². The van der Waals surface area contributed by atoms with Gasteiger partial charge in [-0.3, -0.25) is 0 Å². The molecule has 2 unspecified atom stereocenters. The Kier molecular flexibility index (Phi) is 5.82. The van der Waals surface area contributed by atoms with E-state index in [1.807, 2.05) is 6.92 Å². The van der Waals surface area contributed by atoms with Crippen LogP contribution in [-0.4, -0.2) is 31.9 Å². The fourth-order valence-corrected chi connectivity index (χ4v) is 3.93. The molecule has 0 radical (unpaired) electrons. The van der Waals surface area contributed by atoms with Crippen molar-refractivity contribution in [2.45, 2.75) is 24.3 Å². The number of sulfonamides is 1. The summed E-state index contributed by atoms with van der Waals surface area (Å²) in [5, 5.41) is 0. The van der Waals surface area contributed by atoms with Gasteiger partial charge in [-0.15, -0.1) is 12.4 Å². The van der Waals surface area contributed by atoms with Gasteiger partial charge in [-0.05, 0) is 43.5 Å². The van der Waals surface area contributed by atoms with E-state index in [1.54, 1.807) is 24.3 Å². The number of rotatable bonds is 3. The zero-order valence-corrected chi connectivity index (χ0v) is 13.8. The third-order valence-corrected chi connectivity index (χ3v) is 5.79. The molecule has 0 bridgehead atoms. The standard InChI is InChI=1S/C12H17BrN2O2S.ClH/c1-9(14)10-6-7-15(8-10)18(16,17)12-4-2-11(13)3-5-12;/h2-5,9-10H,6-8,14H2,1H3;1H. The Hall–Kier alpha value is -0.140. The lowest BCUT2D eigenvalue weighted by Crippen LogP contribution is -2.33. The summed E-state index contributed by atoms with van der Waals surface area (Å²) in [7, 11) is -3.36. The summed E-state index contributed by atoms with van der Waals surface area (Å²) in [4.78, 5) is 0.344. The normalized spacial score (nSPS) is 21.9. The van der Waals surface area contributed by atoms with Crippen LogP contribution in [0.2, 0.25) is 0 Å². The van der Waals surface area contributed by atoms with Crippen molar-refractivity contribution in [3.8, 4) is 0 Å². The first-order valence-electron chi connectivity index (χ1n) is 5.92. The maximum atomic E-state index is 12.4. The fourth-order valence-electron chi connectivity index (χ4n) is 2.16. The van der Waals surface area contributed by atoms with Crippen molar-refractivity contribution in [2.24, 2.45) is 11.7 Å². The van der Waals surface area contributed by atoms with Gasteiger partial charge in [0.25, 0.3) is 0 Å². The predicted molar refractivity (Wildman–Crippen MR) is 81.9 cm³/mol. The van der Waals surface area contributed by atoms with Gasteiger partial charge >= 0.3 is 0 Å². The number of hydrogen-bond donors (Lipinski definition) is 1. The average molecular weight is 370 g/mol. The summed E-state index contributed by atoms with van der Waals surface area (Å²) in [6, 6.07) is 6.77. The Balaban J connectivity index is 0.00000180. The molecule has 19 heavy (non-hydrogen) atoms. The monoisotopic (exact) mass is 368 g/mol. The Labute approximate surface area is 128 Å². The van der Waals surface area contributed by atoms with Gasteiger partial charge in [-0.1, -0.05) is 15.9 Å². The van der Waals surface area contributed by atoms with Crippen LogP contribution in [0.3, 0.4) is 0 Å². The van der Waals surface area contributed by atoms with E-state index >= 15 is 0 Å². The molecule has 7 heteroatoms. The van der Waals surface area contributed by atoms with Gasteiger partial charge in [0.05, 0.1) is 4.90 Å². The van der Waals surface area contributed by atoms with Crippen molar-refractivity contribution in [1.29, 1.82) is 0 Å². The lowest BCUT2D eigenvalue weighted by atomic mass is 10.0. The van der Waals surface area contributed by atoms with Gasteiger partial charge < -0.3 is 5.73 Å². The minimum Gasteiger partial charge on any atom is -0.328 e. The van der Waals surface area contributed by atoms with Crippen molar-refractivity contribution in [3.05, 3.63) is 28.7 Å². The minimum atomic E-state index is -3.36. The summed E-state index contributed by atoms with van der Waals surface area (Å²) in [6.45, 7) is 3.01. The van der Waals surface area contributed by atoms with Crippen molar-refractivity contribution in [3.63, 3.8) is 0 Å². The molecule has 0 amide bonds. The Morgan fingerprint density at radius 2 is 1.95 bits per heavy atom. The molecule has 108 valence electrons. The van der Waals surface area contributed by atoms with Crippen LogP contribution in [0.5, 0.6) is 0 Å².